The molecule has 1 atom stereocenters. The average molecular weight is 328 g/mol. The first-order valence-electron chi connectivity index (χ1n) is 7.19. The summed E-state index contributed by atoms with van der Waals surface area (Å²) >= 11 is 1.25. The third-order valence-corrected chi connectivity index (χ3v) is 6.66. The van der Waals surface area contributed by atoms with Gasteiger partial charge in [-0.25, -0.2) is 4.57 Å². The Kier molecular flexibility index (Phi) is 7.75. The van der Waals surface area contributed by atoms with Crippen LogP contribution in [0, 0.1) is 0 Å². The summed E-state index contributed by atoms with van der Waals surface area (Å²) in [4.78, 5) is 0. The molecule has 0 aliphatic carbocycles. The number of hydrogen-bond acceptors (Lipinski definition) is 4. The molecule has 0 aliphatic heterocycles. The van der Waals surface area contributed by atoms with Crippen molar-refractivity contribution in [2.75, 3.05) is 0 Å². The lowest BCUT2D eigenvalue weighted by molar-refractivity contribution is 0.155. The summed E-state index contributed by atoms with van der Waals surface area (Å²) in [6, 6.07) is 9.96. The summed E-state index contributed by atoms with van der Waals surface area (Å²) in [6.07, 6.45) is 3.67. The lowest BCUT2D eigenvalue weighted by atomic mass is 10.1. The van der Waals surface area contributed by atoms with E-state index in [1.165, 1.54) is 11.4 Å². The van der Waals surface area contributed by atoms with Crippen molar-refractivity contribution in [2.45, 2.75) is 52.1 Å². The van der Waals surface area contributed by atoms with E-state index < -0.39 is 6.80 Å². The van der Waals surface area contributed by atoms with E-state index in [2.05, 4.69) is 0 Å². The molecule has 0 fully saturated rings. The van der Waals surface area contributed by atoms with Crippen LogP contribution >= 0.6 is 18.2 Å². The Labute approximate surface area is 132 Å². The highest BCUT2D eigenvalue weighted by molar-refractivity contribution is 8.55. The first-order valence-corrected chi connectivity index (χ1v) is 10.2. The Morgan fingerprint density at radius 3 is 2.00 bits per heavy atom. The highest BCUT2D eigenvalue weighted by Gasteiger charge is 2.32. The van der Waals surface area contributed by atoms with Crippen molar-refractivity contribution >= 4 is 18.2 Å². The SMILES string of the molecule is C/C=C/C(SP(=O)(OC(C)C)OC(C)C)c1ccccc1. The van der Waals surface area contributed by atoms with Crippen LogP contribution in [0.25, 0.3) is 0 Å². The lowest BCUT2D eigenvalue weighted by Crippen LogP contribution is -2.07. The van der Waals surface area contributed by atoms with Crippen LogP contribution in [0.3, 0.4) is 0 Å². The van der Waals surface area contributed by atoms with Crippen LogP contribution in [0.2, 0.25) is 0 Å². The fraction of sp³-hybridized carbons (Fsp3) is 0.500. The van der Waals surface area contributed by atoms with Gasteiger partial charge in [0.1, 0.15) is 0 Å². The van der Waals surface area contributed by atoms with Crippen molar-refractivity contribution < 1.29 is 13.6 Å². The molecular weight excluding hydrogens is 303 g/mol. The summed E-state index contributed by atoms with van der Waals surface area (Å²) in [7, 11) is 0. The Morgan fingerprint density at radius 1 is 1.05 bits per heavy atom. The molecule has 5 heteroatoms. The van der Waals surface area contributed by atoms with Gasteiger partial charge >= 0.3 is 6.80 Å². The van der Waals surface area contributed by atoms with Gasteiger partial charge in [-0.05, 0) is 51.6 Å². The number of hydrogen-bond donors (Lipinski definition) is 0. The van der Waals surface area contributed by atoms with Crippen LogP contribution in [-0.4, -0.2) is 12.2 Å². The van der Waals surface area contributed by atoms with Crippen molar-refractivity contribution in [1.29, 1.82) is 0 Å². The van der Waals surface area contributed by atoms with E-state index in [0.29, 0.717) is 0 Å². The minimum Gasteiger partial charge on any atom is -0.298 e. The molecule has 0 heterocycles. The molecule has 118 valence electrons. The molecule has 0 saturated heterocycles. The first kappa shape index (κ1) is 18.5. The summed E-state index contributed by atoms with van der Waals surface area (Å²) < 4.78 is 24.2. The van der Waals surface area contributed by atoms with Crippen LogP contribution in [-0.2, 0) is 13.6 Å². The summed E-state index contributed by atoms with van der Waals surface area (Å²) in [5.41, 5.74) is 1.08. The Morgan fingerprint density at radius 2 is 1.57 bits per heavy atom. The van der Waals surface area contributed by atoms with Gasteiger partial charge < -0.3 is 0 Å². The van der Waals surface area contributed by atoms with Crippen molar-refractivity contribution in [1.82, 2.24) is 0 Å². The third kappa shape index (κ3) is 6.84. The largest absolute Gasteiger partial charge is 0.390 e. The molecule has 0 radical (unpaired) electrons. The van der Waals surface area contributed by atoms with Gasteiger partial charge in [0.2, 0.25) is 0 Å². The molecule has 3 nitrogen and oxygen atoms in total. The maximum Gasteiger partial charge on any atom is 0.390 e. The Balaban J connectivity index is 2.99. The highest BCUT2D eigenvalue weighted by Crippen LogP contribution is 2.67. The van der Waals surface area contributed by atoms with Gasteiger partial charge in [0, 0.05) is 0 Å². The van der Waals surface area contributed by atoms with Crippen molar-refractivity contribution in [2.24, 2.45) is 0 Å². The van der Waals surface area contributed by atoms with Gasteiger partial charge in [-0.3, -0.25) is 9.05 Å². The zero-order valence-electron chi connectivity index (χ0n) is 13.4. The fourth-order valence-electron chi connectivity index (χ4n) is 1.75. The normalized spacial score (nSPS) is 14.2. The lowest BCUT2D eigenvalue weighted by Gasteiger charge is -2.24. The molecule has 1 aromatic rings. The quantitative estimate of drug-likeness (QED) is 0.433. The van der Waals surface area contributed by atoms with Gasteiger partial charge in [0.15, 0.2) is 0 Å². The molecule has 0 aliphatic rings. The number of allylic oxidation sites excluding steroid dienone is 1. The minimum absolute atomic E-state index is 0.0560. The monoisotopic (exact) mass is 328 g/mol. The van der Waals surface area contributed by atoms with Crippen molar-refractivity contribution in [3.05, 3.63) is 48.0 Å². The van der Waals surface area contributed by atoms with Crippen LogP contribution in [0.4, 0.5) is 0 Å². The van der Waals surface area contributed by atoms with Gasteiger partial charge in [-0.2, -0.15) is 0 Å². The summed E-state index contributed by atoms with van der Waals surface area (Å²) in [5.74, 6) is 0. The van der Waals surface area contributed by atoms with Crippen LogP contribution in [0.1, 0.15) is 45.4 Å². The molecule has 0 N–H and O–H groups in total. The zero-order chi connectivity index (χ0) is 15.9. The molecule has 0 saturated carbocycles. The first-order chi connectivity index (χ1) is 9.86. The van der Waals surface area contributed by atoms with Gasteiger partial charge in [-0.1, -0.05) is 42.5 Å². The highest BCUT2D eigenvalue weighted by atomic mass is 32.7. The standard InChI is InChI=1S/C16H25O3PS/c1-6-10-16(15-11-8-7-9-12-15)21-20(17,18-13(2)3)19-14(4)5/h6-14,16H,1-5H3/b10-6+. The topological polar surface area (TPSA) is 35.5 Å². The molecule has 0 amide bonds. The Hall–Kier alpha value is -0.540. The van der Waals surface area contributed by atoms with E-state index in [1.54, 1.807) is 0 Å². The van der Waals surface area contributed by atoms with Gasteiger partial charge in [0.05, 0.1) is 17.5 Å². The van der Waals surface area contributed by atoms with Crippen LogP contribution in [0.5, 0.6) is 0 Å². The van der Waals surface area contributed by atoms with Crippen LogP contribution < -0.4 is 0 Å². The van der Waals surface area contributed by atoms with Gasteiger partial charge in [0.25, 0.3) is 0 Å². The number of rotatable bonds is 8. The maximum absolute atomic E-state index is 13.0. The van der Waals surface area contributed by atoms with Crippen LogP contribution in [0.15, 0.2) is 42.5 Å². The molecule has 1 unspecified atom stereocenters. The molecular formula is C16H25O3PS. The van der Waals surface area contributed by atoms with Gasteiger partial charge in [-0.15, -0.1) is 0 Å². The fourth-order valence-corrected chi connectivity index (χ4v) is 6.46. The zero-order valence-corrected chi connectivity index (χ0v) is 15.1. The maximum atomic E-state index is 13.0. The summed E-state index contributed by atoms with van der Waals surface area (Å²) in [5, 5.41) is -0.0560. The second-order valence-electron chi connectivity index (χ2n) is 5.22. The summed E-state index contributed by atoms with van der Waals surface area (Å²) in [6.45, 7) is 6.20. The molecule has 0 aromatic heterocycles. The second-order valence-corrected chi connectivity index (χ2v) is 9.23. The van der Waals surface area contributed by atoms with E-state index in [0.717, 1.165) is 5.56 Å². The molecule has 21 heavy (non-hydrogen) atoms. The smallest absolute Gasteiger partial charge is 0.298 e. The van der Waals surface area contributed by atoms with E-state index in [-0.39, 0.29) is 17.5 Å². The minimum atomic E-state index is -3.22. The van der Waals surface area contributed by atoms with E-state index >= 15 is 0 Å². The Bertz CT molecular complexity index is 472. The molecule has 1 aromatic carbocycles. The van der Waals surface area contributed by atoms with Crippen molar-refractivity contribution in [3.8, 4) is 0 Å². The molecule has 1 rings (SSSR count). The van der Waals surface area contributed by atoms with Crippen molar-refractivity contribution in [3.63, 3.8) is 0 Å². The predicted octanol–water partition coefficient (Wildman–Crippen LogP) is 6.00. The second kappa shape index (κ2) is 8.79. The number of benzene rings is 1. The third-order valence-electron chi connectivity index (χ3n) is 2.42. The molecule has 0 spiro atoms. The van der Waals surface area contributed by atoms with E-state index in [1.807, 2.05) is 77.1 Å². The average Bonchev–Trinajstić information content (AvgIpc) is 2.37. The van der Waals surface area contributed by atoms with E-state index in [4.69, 9.17) is 9.05 Å². The molecule has 0 bridgehead atoms. The van der Waals surface area contributed by atoms with E-state index in [9.17, 15) is 4.57 Å². The predicted molar refractivity (Wildman–Crippen MR) is 91.6 cm³/mol.